The molecule has 2 unspecified atom stereocenters. The molecular formula is C50H35NO4S. The third kappa shape index (κ3) is 5.81. The second kappa shape index (κ2) is 13.6. The first-order valence-electron chi connectivity index (χ1n) is 19.0. The summed E-state index contributed by atoms with van der Waals surface area (Å²) < 4.78 is 1.07. The summed E-state index contributed by atoms with van der Waals surface area (Å²) in [5.74, 6) is -1.46. The fourth-order valence-corrected chi connectivity index (χ4v) is 9.92. The zero-order valence-electron chi connectivity index (χ0n) is 30.3. The van der Waals surface area contributed by atoms with E-state index in [1.54, 1.807) is 6.08 Å². The van der Waals surface area contributed by atoms with Gasteiger partial charge in [0.05, 0.1) is 11.1 Å². The number of aromatic carboxylic acids is 1. The van der Waals surface area contributed by atoms with Crippen molar-refractivity contribution in [2.45, 2.75) is 31.2 Å². The van der Waals surface area contributed by atoms with Crippen molar-refractivity contribution in [3.8, 4) is 11.1 Å². The summed E-state index contributed by atoms with van der Waals surface area (Å²) in [6.45, 7) is 0. The lowest BCUT2D eigenvalue weighted by molar-refractivity contribution is 0.0696. The molecule has 6 heteroatoms. The highest BCUT2D eigenvalue weighted by atomic mass is 32.1. The fourth-order valence-electron chi connectivity index (χ4n) is 8.87. The van der Waals surface area contributed by atoms with Crippen molar-refractivity contribution in [2.24, 2.45) is 0 Å². The van der Waals surface area contributed by atoms with E-state index in [4.69, 9.17) is 0 Å². The second-order valence-corrected chi connectivity index (χ2v) is 15.9. The third-order valence-corrected chi connectivity index (χ3v) is 12.6. The van der Waals surface area contributed by atoms with Crippen molar-refractivity contribution in [3.63, 3.8) is 0 Å². The predicted octanol–water partition coefficient (Wildman–Crippen LogP) is 12.1. The molecule has 1 aromatic heterocycles. The number of hydrogen-bond donors (Lipinski definition) is 1. The molecule has 1 saturated carbocycles. The molecule has 2 heterocycles. The highest BCUT2D eigenvalue weighted by molar-refractivity contribution is 7.19. The highest BCUT2D eigenvalue weighted by Gasteiger charge is 2.42. The van der Waals surface area contributed by atoms with Crippen molar-refractivity contribution >= 4 is 68.1 Å². The summed E-state index contributed by atoms with van der Waals surface area (Å²) >= 11 is 1.54. The summed E-state index contributed by atoms with van der Waals surface area (Å²) in [4.78, 5) is 41.2. The molecule has 1 fully saturated rings. The highest BCUT2D eigenvalue weighted by Crippen LogP contribution is 2.53. The average molecular weight is 746 g/mol. The first-order chi connectivity index (χ1) is 27.4. The first kappa shape index (κ1) is 33.9. The Labute approximate surface area is 328 Å². The molecule has 0 saturated heterocycles. The summed E-state index contributed by atoms with van der Waals surface area (Å²) in [7, 11) is 0. The molecule has 56 heavy (non-hydrogen) atoms. The molecule has 2 aliphatic carbocycles. The zero-order valence-corrected chi connectivity index (χ0v) is 31.1. The number of carbonyl (C=O) groups excluding carboxylic acids is 2. The van der Waals surface area contributed by atoms with Gasteiger partial charge in [0.15, 0.2) is 11.6 Å². The number of fused-ring (bicyclic) bond motifs is 5. The fraction of sp³-hybridized carbons (Fsp3) is 0.100. The molecule has 0 spiro atoms. The Morgan fingerprint density at radius 3 is 2.11 bits per heavy atom. The van der Waals surface area contributed by atoms with Gasteiger partial charge in [-0.25, -0.2) is 4.79 Å². The van der Waals surface area contributed by atoms with Crippen LogP contribution in [0.4, 0.5) is 11.4 Å². The van der Waals surface area contributed by atoms with Crippen LogP contribution in [-0.4, -0.2) is 28.7 Å². The maximum absolute atomic E-state index is 13.2. The van der Waals surface area contributed by atoms with Gasteiger partial charge in [-0.15, -0.1) is 11.3 Å². The van der Waals surface area contributed by atoms with Gasteiger partial charge in [0, 0.05) is 44.0 Å². The van der Waals surface area contributed by atoms with Crippen LogP contribution >= 0.6 is 11.3 Å². The third-order valence-electron chi connectivity index (χ3n) is 11.6. The quantitative estimate of drug-likeness (QED) is 0.0999. The molecule has 1 N–H and O–H groups in total. The summed E-state index contributed by atoms with van der Waals surface area (Å²) in [5.41, 5.74) is 11.4. The standard InChI is InChI=1S/C50H35NO4S/c52-48-40-22-18-36(50(54)55)27-43(40)49(53)44(48)29-38-25-35-17-16-34(28-47(35)56-38)33-19-23-46-42(26-33)39-12-7-13-45(39)51(46)37-20-14-30(15-21-37)24-41(31-8-3-1-4-9-31)32-10-5-2-6-11-32/h1-6,8-11,14-29,39,45H,7,12-13H2,(H,54,55)/b44-29+. The lowest BCUT2D eigenvalue weighted by atomic mass is 9.94. The van der Waals surface area contributed by atoms with Gasteiger partial charge >= 0.3 is 5.97 Å². The van der Waals surface area contributed by atoms with Crippen LogP contribution in [0.2, 0.25) is 0 Å². The number of anilines is 2. The molecule has 5 nitrogen and oxygen atoms in total. The number of rotatable bonds is 7. The largest absolute Gasteiger partial charge is 0.478 e. The number of allylic oxidation sites excluding steroid dienone is 1. The number of hydrogen-bond acceptors (Lipinski definition) is 5. The van der Waals surface area contributed by atoms with Crippen LogP contribution in [0.5, 0.6) is 0 Å². The van der Waals surface area contributed by atoms with E-state index in [1.165, 1.54) is 93.6 Å². The van der Waals surface area contributed by atoms with Gasteiger partial charge in [-0.1, -0.05) is 97.4 Å². The van der Waals surface area contributed by atoms with Crippen molar-refractivity contribution in [1.82, 2.24) is 0 Å². The first-order valence-corrected chi connectivity index (χ1v) is 19.8. The molecule has 0 radical (unpaired) electrons. The van der Waals surface area contributed by atoms with Crippen LogP contribution in [0.3, 0.4) is 0 Å². The van der Waals surface area contributed by atoms with Crippen LogP contribution in [0.1, 0.15) is 83.4 Å². The topological polar surface area (TPSA) is 74.7 Å². The smallest absolute Gasteiger partial charge is 0.335 e. The van der Waals surface area contributed by atoms with Gasteiger partial charge in [0.2, 0.25) is 0 Å². The van der Waals surface area contributed by atoms with Crippen molar-refractivity contribution in [1.29, 1.82) is 0 Å². The van der Waals surface area contributed by atoms with Gasteiger partial charge in [0.25, 0.3) is 0 Å². The molecule has 2 atom stereocenters. The summed E-state index contributed by atoms with van der Waals surface area (Å²) in [6.07, 6.45) is 7.49. The zero-order chi connectivity index (χ0) is 37.9. The number of carboxylic acid groups (broad SMARTS) is 1. The molecule has 270 valence electrons. The Kier molecular flexibility index (Phi) is 8.23. The average Bonchev–Trinajstić information content (AvgIpc) is 4.00. The number of carbonyl (C=O) groups is 3. The van der Waals surface area contributed by atoms with E-state index >= 15 is 0 Å². The lowest BCUT2D eigenvalue weighted by Gasteiger charge is -2.27. The van der Waals surface area contributed by atoms with Gasteiger partial charge in [-0.2, -0.15) is 0 Å². The van der Waals surface area contributed by atoms with Gasteiger partial charge in [-0.05, 0) is 124 Å². The number of ketones is 2. The van der Waals surface area contributed by atoms with Crippen molar-refractivity contribution < 1.29 is 19.5 Å². The monoisotopic (exact) mass is 745 g/mol. The number of thiophene rings is 1. The molecule has 3 aliphatic rings. The van der Waals surface area contributed by atoms with Gasteiger partial charge < -0.3 is 10.0 Å². The maximum atomic E-state index is 13.2. The Bertz CT molecular complexity index is 2750. The van der Waals surface area contributed by atoms with E-state index in [9.17, 15) is 19.5 Å². The number of nitrogens with zero attached hydrogens (tertiary/aromatic N) is 1. The molecule has 10 rings (SSSR count). The van der Waals surface area contributed by atoms with Crippen LogP contribution < -0.4 is 4.90 Å². The van der Waals surface area contributed by atoms with E-state index in [2.05, 4.69) is 132 Å². The Morgan fingerprint density at radius 1 is 0.679 bits per heavy atom. The minimum atomic E-state index is -1.13. The van der Waals surface area contributed by atoms with E-state index in [0.717, 1.165) is 20.5 Å². The van der Waals surface area contributed by atoms with Crippen molar-refractivity contribution in [3.05, 3.63) is 195 Å². The summed E-state index contributed by atoms with van der Waals surface area (Å²) in [5, 5.41) is 10.4. The van der Waals surface area contributed by atoms with E-state index in [0.29, 0.717) is 12.0 Å². The van der Waals surface area contributed by atoms with Crippen LogP contribution in [0.25, 0.3) is 38.9 Å². The Balaban J connectivity index is 0.936. The molecule has 0 amide bonds. The van der Waals surface area contributed by atoms with Gasteiger partial charge in [-0.3, -0.25) is 9.59 Å². The van der Waals surface area contributed by atoms with E-state index in [-0.39, 0.29) is 28.0 Å². The normalized spacial score (nSPS) is 17.6. The minimum Gasteiger partial charge on any atom is -0.478 e. The lowest BCUT2D eigenvalue weighted by Crippen LogP contribution is -2.26. The number of carboxylic acids is 1. The van der Waals surface area contributed by atoms with Crippen LogP contribution in [0, 0.1) is 0 Å². The van der Waals surface area contributed by atoms with Crippen LogP contribution in [-0.2, 0) is 0 Å². The summed E-state index contributed by atoms with van der Waals surface area (Å²) in [6, 6.07) is 50.0. The minimum absolute atomic E-state index is 0.0115. The molecular weight excluding hydrogens is 711 g/mol. The van der Waals surface area contributed by atoms with E-state index in [1.807, 2.05) is 6.07 Å². The predicted molar refractivity (Wildman–Crippen MR) is 226 cm³/mol. The molecule has 6 aromatic carbocycles. The van der Waals surface area contributed by atoms with Crippen LogP contribution in [0.15, 0.2) is 151 Å². The molecule has 1 aliphatic heterocycles. The Hall–Kier alpha value is -6.63. The van der Waals surface area contributed by atoms with Crippen molar-refractivity contribution in [2.75, 3.05) is 4.90 Å². The molecule has 0 bridgehead atoms. The second-order valence-electron chi connectivity index (χ2n) is 14.8. The number of benzene rings is 6. The maximum Gasteiger partial charge on any atom is 0.335 e. The SMILES string of the molecule is O=C(O)c1ccc2c(c1)C(=O)/C(=C/c1cc3ccc(-c4ccc5c(c4)C4CCCC4N5c4ccc(C=C(c5ccccc5)c5ccccc5)cc4)cc3s1)C2=O. The number of Topliss-reactive ketones (excluding diaryl/α,β-unsaturated/α-hetero) is 2. The Morgan fingerprint density at radius 2 is 1.38 bits per heavy atom. The van der Waals surface area contributed by atoms with E-state index < -0.39 is 11.8 Å². The van der Waals surface area contributed by atoms with Gasteiger partial charge in [0.1, 0.15) is 0 Å². The molecule has 7 aromatic rings.